The molecular weight excluding hydrogens is 749 g/mol. The predicted octanol–water partition coefficient (Wildman–Crippen LogP) is 18.6. The number of allylic oxidation sites excluding steroid dienone is 10. The van der Waals surface area contributed by atoms with E-state index < -0.39 is 0 Å². The second kappa shape index (κ2) is 54.2. The summed E-state index contributed by atoms with van der Waals surface area (Å²) in [5, 5.41) is 0. The molecule has 0 heterocycles. The maximum absolute atomic E-state index is 12.6. The van der Waals surface area contributed by atoms with Crippen LogP contribution in [0.1, 0.15) is 265 Å². The van der Waals surface area contributed by atoms with E-state index in [4.69, 9.17) is 14.2 Å². The van der Waals surface area contributed by atoms with E-state index in [1.807, 2.05) is 0 Å². The molecule has 1 unspecified atom stereocenters. The van der Waals surface area contributed by atoms with E-state index in [1.54, 1.807) is 0 Å². The van der Waals surface area contributed by atoms with Gasteiger partial charge in [0.1, 0.15) is 12.7 Å². The smallest absolute Gasteiger partial charge is 0.305 e. The third-order valence-electron chi connectivity index (χ3n) is 11.6. The molecule has 4 heteroatoms. The van der Waals surface area contributed by atoms with E-state index in [1.165, 1.54) is 186 Å². The van der Waals surface area contributed by atoms with Crippen molar-refractivity contribution in [1.82, 2.24) is 0 Å². The third kappa shape index (κ3) is 52.3. The topological polar surface area (TPSA) is 44.8 Å². The van der Waals surface area contributed by atoms with Crippen LogP contribution in [0.25, 0.3) is 0 Å². The van der Waals surface area contributed by atoms with E-state index in [-0.39, 0.29) is 12.1 Å². The maximum Gasteiger partial charge on any atom is 0.305 e. The first kappa shape index (κ1) is 59.1. The van der Waals surface area contributed by atoms with Crippen LogP contribution in [-0.4, -0.2) is 38.5 Å². The summed E-state index contributed by atoms with van der Waals surface area (Å²) in [7, 11) is 0. The largest absolute Gasteiger partial charge is 0.463 e. The summed E-state index contributed by atoms with van der Waals surface area (Å²) in [5.74, 6) is -0.0969. The maximum atomic E-state index is 12.6. The van der Waals surface area contributed by atoms with Crippen LogP contribution < -0.4 is 0 Å². The molecule has 0 aromatic heterocycles. The Morgan fingerprint density at radius 2 is 0.738 bits per heavy atom. The molecule has 0 aromatic rings. The summed E-state index contributed by atoms with van der Waals surface area (Å²) < 4.78 is 18.0. The van der Waals surface area contributed by atoms with Crippen molar-refractivity contribution < 1.29 is 19.0 Å². The van der Waals surface area contributed by atoms with Gasteiger partial charge in [0, 0.05) is 19.6 Å². The Hall–Kier alpha value is -1.91. The molecule has 356 valence electrons. The summed E-state index contributed by atoms with van der Waals surface area (Å²) in [5.41, 5.74) is 0. The molecule has 0 fully saturated rings. The van der Waals surface area contributed by atoms with Gasteiger partial charge in [-0.3, -0.25) is 4.79 Å². The molecule has 0 aliphatic heterocycles. The SMILES string of the molecule is CC/C=C\C/C=C\C/C=C\CCCCCCCC(=O)OCC(COCCCCCCCC/C=C\CCCCCCCC)OCCCCCCCC/C=C\CCCCCCCC. The monoisotopic (exact) mass is 853 g/mol. The Morgan fingerprint density at radius 3 is 1.20 bits per heavy atom. The highest BCUT2D eigenvalue weighted by molar-refractivity contribution is 5.69. The van der Waals surface area contributed by atoms with Gasteiger partial charge in [-0.1, -0.05) is 216 Å². The van der Waals surface area contributed by atoms with Gasteiger partial charge in [-0.05, 0) is 103 Å². The fourth-order valence-corrected chi connectivity index (χ4v) is 7.56. The summed E-state index contributed by atoms with van der Waals surface area (Å²) >= 11 is 0. The zero-order valence-electron chi connectivity index (χ0n) is 41.2. The highest BCUT2D eigenvalue weighted by Crippen LogP contribution is 2.14. The summed E-state index contributed by atoms with van der Waals surface area (Å²) in [6.45, 7) is 9.01. The zero-order valence-corrected chi connectivity index (χ0v) is 41.2. The number of carbonyl (C=O) groups excluding carboxylic acids is 1. The molecule has 0 aromatic carbocycles. The first-order chi connectivity index (χ1) is 30.2. The van der Waals surface area contributed by atoms with Gasteiger partial charge in [0.2, 0.25) is 0 Å². The minimum Gasteiger partial charge on any atom is -0.463 e. The van der Waals surface area contributed by atoms with Crippen LogP contribution in [0.4, 0.5) is 0 Å². The quantitative estimate of drug-likeness (QED) is 0.0347. The number of ether oxygens (including phenoxy) is 3. The molecule has 61 heavy (non-hydrogen) atoms. The van der Waals surface area contributed by atoms with Gasteiger partial charge in [-0.15, -0.1) is 0 Å². The Balaban J connectivity index is 4.19. The average molecular weight is 853 g/mol. The number of unbranched alkanes of at least 4 members (excludes halogenated alkanes) is 29. The molecule has 0 saturated heterocycles. The van der Waals surface area contributed by atoms with Crippen molar-refractivity contribution in [3.8, 4) is 0 Å². The number of hydrogen-bond acceptors (Lipinski definition) is 4. The minimum atomic E-state index is -0.178. The van der Waals surface area contributed by atoms with E-state index in [9.17, 15) is 4.79 Å². The average Bonchev–Trinajstić information content (AvgIpc) is 3.27. The van der Waals surface area contributed by atoms with Gasteiger partial charge in [0.25, 0.3) is 0 Å². The van der Waals surface area contributed by atoms with Gasteiger partial charge in [-0.2, -0.15) is 0 Å². The highest BCUT2D eigenvalue weighted by Gasteiger charge is 2.13. The summed E-state index contributed by atoms with van der Waals surface area (Å²) in [6.07, 6.45) is 69.9. The van der Waals surface area contributed by atoms with Crippen LogP contribution in [0.3, 0.4) is 0 Å². The Bertz CT molecular complexity index is 993. The molecule has 1 atom stereocenters. The van der Waals surface area contributed by atoms with Crippen LogP contribution in [0, 0.1) is 0 Å². The highest BCUT2D eigenvalue weighted by atomic mass is 16.6. The summed E-state index contributed by atoms with van der Waals surface area (Å²) in [4.78, 5) is 12.6. The molecule has 0 spiro atoms. The first-order valence-electron chi connectivity index (χ1n) is 26.8. The fourth-order valence-electron chi connectivity index (χ4n) is 7.56. The third-order valence-corrected chi connectivity index (χ3v) is 11.6. The lowest BCUT2D eigenvalue weighted by Gasteiger charge is -2.18. The molecule has 0 rings (SSSR count). The first-order valence-corrected chi connectivity index (χ1v) is 26.8. The second-order valence-electron chi connectivity index (χ2n) is 17.7. The van der Waals surface area contributed by atoms with E-state index >= 15 is 0 Å². The van der Waals surface area contributed by atoms with Crippen molar-refractivity contribution in [1.29, 1.82) is 0 Å². The summed E-state index contributed by atoms with van der Waals surface area (Å²) in [6, 6.07) is 0. The van der Waals surface area contributed by atoms with E-state index in [0.717, 1.165) is 58.0 Å². The number of carbonyl (C=O) groups is 1. The molecule has 0 N–H and O–H groups in total. The lowest BCUT2D eigenvalue weighted by molar-refractivity contribution is -0.150. The van der Waals surface area contributed by atoms with E-state index in [0.29, 0.717) is 26.2 Å². The lowest BCUT2D eigenvalue weighted by Crippen LogP contribution is -2.28. The van der Waals surface area contributed by atoms with E-state index in [2.05, 4.69) is 81.5 Å². The van der Waals surface area contributed by atoms with Crippen molar-refractivity contribution in [3.63, 3.8) is 0 Å². The number of hydrogen-bond donors (Lipinski definition) is 0. The molecule has 4 nitrogen and oxygen atoms in total. The van der Waals surface area contributed by atoms with Gasteiger partial charge in [0.15, 0.2) is 0 Å². The Labute approximate surface area is 381 Å². The van der Waals surface area contributed by atoms with Crippen LogP contribution >= 0.6 is 0 Å². The number of rotatable bonds is 50. The van der Waals surface area contributed by atoms with Gasteiger partial charge in [-0.25, -0.2) is 0 Å². The standard InChI is InChI=1S/C57H104O4/c1-4-7-10-13-16-19-22-25-28-31-34-37-40-43-46-49-52-59-54-56(60-53-50-47-44-41-38-35-32-29-26-23-20-17-14-11-8-5-2)55-61-57(58)51-48-45-42-39-36-33-30-27-24-21-18-15-12-9-6-3/h9,12,18,21,25-30,56H,4-8,10-11,13-17,19-20,22-24,31-55H2,1-3H3/b12-9-,21-18-,28-25-,29-26-,30-27-. The Kier molecular flexibility index (Phi) is 52.5. The number of esters is 1. The van der Waals surface area contributed by atoms with Crippen LogP contribution in [0.2, 0.25) is 0 Å². The molecule has 0 aliphatic carbocycles. The van der Waals surface area contributed by atoms with Gasteiger partial charge < -0.3 is 14.2 Å². The van der Waals surface area contributed by atoms with Crippen LogP contribution in [-0.2, 0) is 19.0 Å². The Morgan fingerprint density at radius 1 is 0.377 bits per heavy atom. The molecule has 0 saturated carbocycles. The van der Waals surface area contributed by atoms with Gasteiger partial charge >= 0.3 is 5.97 Å². The van der Waals surface area contributed by atoms with Crippen molar-refractivity contribution in [2.45, 2.75) is 271 Å². The molecule has 0 bridgehead atoms. The van der Waals surface area contributed by atoms with Crippen molar-refractivity contribution in [2.24, 2.45) is 0 Å². The van der Waals surface area contributed by atoms with Crippen LogP contribution in [0.5, 0.6) is 0 Å². The molecular formula is C57H104O4. The van der Waals surface area contributed by atoms with Crippen molar-refractivity contribution in [3.05, 3.63) is 60.8 Å². The fraction of sp³-hybridized carbons (Fsp3) is 0.807. The predicted molar refractivity (Wildman–Crippen MR) is 270 cm³/mol. The molecule has 0 amide bonds. The molecule has 0 aliphatic rings. The molecule has 0 radical (unpaired) electrons. The van der Waals surface area contributed by atoms with Crippen molar-refractivity contribution >= 4 is 5.97 Å². The zero-order chi connectivity index (χ0) is 44.0. The van der Waals surface area contributed by atoms with Crippen LogP contribution in [0.15, 0.2) is 60.8 Å². The normalized spacial score (nSPS) is 12.8. The second-order valence-corrected chi connectivity index (χ2v) is 17.7. The van der Waals surface area contributed by atoms with Gasteiger partial charge in [0.05, 0.1) is 6.61 Å². The van der Waals surface area contributed by atoms with Crippen molar-refractivity contribution in [2.75, 3.05) is 26.4 Å². The minimum absolute atomic E-state index is 0.0969. The lowest BCUT2D eigenvalue weighted by atomic mass is 10.1.